The summed E-state index contributed by atoms with van der Waals surface area (Å²) >= 11 is 0. The fourth-order valence-corrected chi connectivity index (χ4v) is 5.41. The summed E-state index contributed by atoms with van der Waals surface area (Å²) in [7, 11) is 1.92. The van der Waals surface area contributed by atoms with Crippen LogP contribution in [0.2, 0.25) is 0 Å². The largest absolute Gasteiger partial charge is 0.342 e. The maximum Gasteiger partial charge on any atom is 0.230 e. The molecule has 2 amide bonds. The smallest absolute Gasteiger partial charge is 0.230 e. The number of carbonyl (C=O) groups is 2. The van der Waals surface area contributed by atoms with Crippen LogP contribution in [0.5, 0.6) is 0 Å². The molecule has 0 spiro atoms. The molecule has 2 aliphatic heterocycles. The number of pyridine rings is 1. The average molecular weight is 500 g/mol. The van der Waals surface area contributed by atoms with Gasteiger partial charge in [-0.1, -0.05) is 23.4 Å². The Hall–Kier alpha value is -4.08. The van der Waals surface area contributed by atoms with E-state index >= 15 is 0 Å². The lowest BCUT2D eigenvalue weighted by molar-refractivity contribution is -0.136. The molecular formula is C27H29N7O3. The second kappa shape index (κ2) is 9.10. The highest BCUT2D eigenvalue weighted by Gasteiger charge is 2.39. The fraction of sp³-hybridized carbons (Fsp3) is 0.407. The van der Waals surface area contributed by atoms with E-state index in [-0.39, 0.29) is 30.1 Å². The van der Waals surface area contributed by atoms with E-state index in [4.69, 9.17) is 4.52 Å². The van der Waals surface area contributed by atoms with Crippen molar-refractivity contribution in [2.24, 2.45) is 13.0 Å². The third-order valence-corrected chi connectivity index (χ3v) is 7.54. The molecule has 10 heteroatoms. The molecule has 0 bridgehead atoms. The highest BCUT2D eigenvalue weighted by Crippen LogP contribution is 2.32. The van der Waals surface area contributed by atoms with E-state index in [0.29, 0.717) is 37.2 Å². The van der Waals surface area contributed by atoms with Crippen molar-refractivity contribution < 1.29 is 14.1 Å². The maximum absolute atomic E-state index is 13.2. The average Bonchev–Trinajstić information content (AvgIpc) is 3.62. The number of aromatic nitrogens is 5. The van der Waals surface area contributed by atoms with E-state index in [1.165, 1.54) is 0 Å². The van der Waals surface area contributed by atoms with Gasteiger partial charge in [0.2, 0.25) is 23.5 Å². The third kappa shape index (κ3) is 4.26. The van der Waals surface area contributed by atoms with Crippen molar-refractivity contribution in [1.82, 2.24) is 29.8 Å². The Kier molecular flexibility index (Phi) is 5.73. The summed E-state index contributed by atoms with van der Waals surface area (Å²) in [6.07, 6.45) is 3.46. The summed E-state index contributed by atoms with van der Waals surface area (Å²) in [6.45, 7) is 5.54. The molecule has 1 aromatic carbocycles. The van der Waals surface area contributed by atoms with Gasteiger partial charge in [0.15, 0.2) is 0 Å². The monoisotopic (exact) mass is 499 g/mol. The molecule has 37 heavy (non-hydrogen) atoms. The standard InChI is InChI=1S/C27H29N7O3/c1-16-4-7-23(28-14-16)34-15-20(13-24(34)35)27(36)33-10-8-18(9-11-33)26-29-25(31-37-26)19-5-6-21-17(2)30-32(3)22(21)12-19/h4-7,12,14,18,20H,8-11,13,15H2,1-3H3/t20-/m0/s1. The van der Waals surface area contributed by atoms with Crippen molar-refractivity contribution in [3.05, 3.63) is 53.7 Å². The van der Waals surface area contributed by atoms with Gasteiger partial charge in [-0.25, -0.2) is 4.98 Å². The van der Waals surface area contributed by atoms with Gasteiger partial charge < -0.3 is 9.42 Å². The quantitative estimate of drug-likeness (QED) is 0.423. The van der Waals surface area contributed by atoms with Crippen LogP contribution in [0.25, 0.3) is 22.3 Å². The molecule has 2 aliphatic rings. The van der Waals surface area contributed by atoms with E-state index in [9.17, 15) is 9.59 Å². The van der Waals surface area contributed by atoms with Crippen molar-refractivity contribution in [1.29, 1.82) is 0 Å². The lowest BCUT2D eigenvalue weighted by atomic mass is 9.95. The van der Waals surface area contributed by atoms with Crippen molar-refractivity contribution in [2.75, 3.05) is 24.5 Å². The molecule has 0 radical (unpaired) electrons. The topological polar surface area (TPSA) is 110 Å². The Morgan fingerprint density at radius 3 is 2.68 bits per heavy atom. The van der Waals surface area contributed by atoms with Crippen LogP contribution in [-0.2, 0) is 16.6 Å². The van der Waals surface area contributed by atoms with Crippen LogP contribution < -0.4 is 4.90 Å². The van der Waals surface area contributed by atoms with E-state index in [1.54, 1.807) is 11.1 Å². The Morgan fingerprint density at radius 2 is 1.92 bits per heavy atom. The summed E-state index contributed by atoms with van der Waals surface area (Å²) in [5.41, 5.74) is 3.93. The number of rotatable bonds is 4. The Bertz CT molecular complexity index is 1480. The van der Waals surface area contributed by atoms with E-state index in [1.807, 2.05) is 60.8 Å². The van der Waals surface area contributed by atoms with Gasteiger partial charge in [-0.2, -0.15) is 10.1 Å². The maximum atomic E-state index is 13.2. The second-order valence-corrected chi connectivity index (χ2v) is 10.1. The van der Waals surface area contributed by atoms with Gasteiger partial charge >= 0.3 is 0 Å². The van der Waals surface area contributed by atoms with Crippen LogP contribution in [0.4, 0.5) is 5.82 Å². The van der Waals surface area contributed by atoms with E-state index < -0.39 is 0 Å². The molecule has 0 N–H and O–H groups in total. The van der Waals surface area contributed by atoms with Crippen LogP contribution >= 0.6 is 0 Å². The normalized spacial score (nSPS) is 18.8. The number of hydrogen-bond acceptors (Lipinski definition) is 7. The van der Waals surface area contributed by atoms with Crippen LogP contribution in [0.3, 0.4) is 0 Å². The fourth-order valence-electron chi connectivity index (χ4n) is 5.41. The molecule has 2 fully saturated rings. The minimum absolute atomic E-state index is 0.0346. The first-order valence-electron chi connectivity index (χ1n) is 12.7. The Balaban J connectivity index is 1.09. The summed E-state index contributed by atoms with van der Waals surface area (Å²) in [4.78, 5) is 38.3. The number of benzene rings is 1. The number of amides is 2. The molecule has 4 aromatic rings. The van der Waals surface area contributed by atoms with Crippen LogP contribution in [0, 0.1) is 19.8 Å². The first-order chi connectivity index (χ1) is 17.9. The van der Waals surface area contributed by atoms with Gasteiger partial charge in [0.1, 0.15) is 5.82 Å². The Labute approximate surface area is 214 Å². The lowest BCUT2D eigenvalue weighted by Gasteiger charge is -2.32. The van der Waals surface area contributed by atoms with Gasteiger partial charge in [-0.15, -0.1) is 0 Å². The Morgan fingerprint density at radius 1 is 1.11 bits per heavy atom. The molecule has 1 atom stereocenters. The number of fused-ring (bicyclic) bond motifs is 1. The van der Waals surface area contributed by atoms with Crippen LogP contribution in [0.15, 0.2) is 41.1 Å². The number of anilines is 1. The summed E-state index contributed by atoms with van der Waals surface area (Å²) in [5, 5.41) is 9.81. The molecule has 0 saturated carbocycles. The second-order valence-electron chi connectivity index (χ2n) is 10.1. The lowest BCUT2D eigenvalue weighted by Crippen LogP contribution is -2.42. The molecular weight excluding hydrogens is 470 g/mol. The highest BCUT2D eigenvalue weighted by atomic mass is 16.5. The molecule has 0 unspecified atom stereocenters. The van der Waals surface area contributed by atoms with Crippen LogP contribution in [-0.4, -0.2) is 61.3 Å². The molecule has 2 saturated heterocycles. The van der Waals surface area contributed by atoms with E-state index in [2.05, 4.69) is 20.2 Å². The number of piperidine rings is 1. The van der Waals surface area contributed by atoms with Crippen molar-refractivity contribution in [3.8, 4) is 11.4 Å². The predicted molar refractivity (Wildman–Crippen MR) is 137 cm³/mol. The summed E-state index contributed by atoms with van der Waals surface area (Å²) in [6, 6.07) is 9.82. The number of likely N-dealkylation sites (tertiary alicyclic amines) is 1. The van der Waals surface area contributed by atoms with Gasteiger partial charge in [0, 0.05) is 56.2 Å². The zero-order valence-corrected chi connectivity index (χ0v) is 21.2. The minimum atomic E-state index is -0.340. The van der Waals surface area contributed by atoms with Gasteiger partial charge in [0.05, 0.1) is 17.1 Å². The van der Waals surface area contributed by atoms with Gasteiger partial charge in [-0.05, 0) is 44.4 Å². The minimum Gasteiger partial charge on any atom is -0.342 e. The molecule has 190 valence electrons. The van der Waals surface area contributed by atoms with Crippen molar-refractivity contribution in [2.45, 2.75) is 39.0 Å². The predicted octanol–water partition coefficient (Wildman–Crippen LogP) is 3.39. The van der Waals surface area contributed by atoms with Crippen LogP contribution in [0.1, 0.15) is 42.3 Å². The summed E-state index contributed by atoms with van der Waals surface area (Å²) in [5.74, 6) is 1.52. The highest BCUT2D eigenvalue weighted by molar-refractivity contribution is 5.99. The molecule has 0 aliphatic carbocycles. The van der Waals surface area contributed by atoms with Gasteiger partial charge in [0.25, 0.3) is 0 Å². The third-order valence-electron chi connectivity index (χ3n) is 7.54. The zero-order chi connectivity index (χ0) is 25.7. The molecule has 3 aromatic heterocycles. The first-order valence-corrected chi connectivity index (χ1v) is 12.7. The number of nitrogens with zero attached hydrogens (tertiary/aromatic N) is 7. The first kappa shape index (κ1) is 23.3. The SMILES string of the molecule is Cc1ccc(N2C[C@@H](C(=O)N3CCC(c4nc(-c5ccc6c(C)nn(C)c6c5)no4)CC3)CC2=O)nc1. The number of carbonyl (C=O) groups excluding carboxylic acids is 2. The zero-order valence-electron chi connectivity index (χ0n) is 21.2. The molecule has 10 nitrogen and oxygen atoms in total. The van der Waals surface area contributed by atoms with Gasteiger partial charge in [-0.3, -0.25) is 19.2 Å². The van der Waals surface area contributed by atoms with Crippen molar-refractivity contribution >= 4 is 28.5 Å². The number of aryl methyl sites for hydroxylation is 3. The van der Waals surface area contributed by atoms with E-state index in [0.717, 1.165) is 40.6 Å². The molecule has 6 rings (SSSR count). The summed E-state index contributed by atoms with van der Waals surface area (Å²) < 4.78 is 7.50. The molecule has 5 heterocycles. The number of hydrogen-bond donors (Lipinski definition) is 0. The van der Waals surface area contributed by atoms with Crippen molar-refractivity contribution in [3.63, 3.8) is 0 Å².